The third kappa shape index (κ3) is 3.14. The van der Waals surface area contributed by atoms with E-state index in [0.29, 0.717) is 11.6 Å². The monoisotopic (exact) mass is 293 g/mol. The number of hydrogen-bond donors (Lipinski definition) is 1. The van der Waals surface area contributed by atoms with Crippen molar-refractivity contribution in [3.05, 3.63) is 46.2 Å². The van der Waals surface area contributed by atoms with Gasteiger partial charge in [-0.25, -0.2) is 0 Å². The van der Waals surface area contributed by atoms with Gasteiger partial charge in [-0.3, -0.25) is 4.68 Å². The lowest BCUT2D eigenvalue weighted by atomic mass is 10.1. The molecule has 108 valence electrons. The fourth-order valence-electron chi connectivity index (χ4n) is 2.02. The van der Waals surface area contributed by atoms with Gasteiger partial charge in [-0.2, -0.15) is 5.10 Å². The van der Waals surface area contributed by atoms with Gasteiger partial charge in [-0.1, -0.05) is 30.7 Å². The van der Waals surface area contributed by atoms with Crippen molar-refractivity contribution in [2.75, 3.05) is 0 Å². The molecule has 0 bridgehead atoms. The lowest BCUT2D eigenvalue weighted by Gasteiger charge is -2.10. The Morgan fingerprint density at radius 2 is 2.20 bits per heavy atom. The molecule has 4 nitrogen and oxygen atoms in total. The minimum Gasteiger partial charge on any atom is -0.487 e. The van der Waals surface area contributed by atoms with Crippen molar-refractivity contribution in [3.8, 4) is 5.75 Å². The molecular formula is C15H20ClN3O. The van der Waals surface area contributed by atoms with Crippen LogP contribution in [-0.2, 0) is 20.1 Å². The molecule has 0 aliphatic carbocycles. The van der Waals surface area contributed by atoms with Crippen LogP contribution in [0.1, 0.15) is 36.8 Å². The number of halogens is 1. The summed E-state index contributed by atoms with van der Waals surface area (Å²) in [5.41, 5.74) is 8.70. The molecule has 0 unspecified atom stereocenters. The second kappa shape index (κ2) is 6.29. The number of nitrogens with zero attached hydrogens (tertiary/aromatic N) is 2. The van der Waals surface area contributed by atoms with Crippen molar-refractivity contribution in [1.29, 1.82) is 0 Å². The molecule has 0 aliphatic heterocycles. The molecule has 0 radical (unpaired) electrons. The molecule has 1 atom stereocenters. The first-order valence-corrected chi connectivity index (χ1v) is 7.09. The van der Waals surface area contributed by atoms with Gasteiger partial charge in [0.05, 0.1) is 16.4 Å². The fourth-order valence-corrected chi connectivity index (χ4v) is 2.36. The standard InChI is InChI=1S/C15H20ClN3O/c1-4-13-15(16)14(19(3)18-13)9-20-12-7-5-6-11(8-12)10(2)17/h5-8,10H,4,9,17H2,1-3H3/t10-/m1/s1. The van der Waals surface area contributed by atoms with E-state index in [1.165, 1.54) is 0 Å². The van der Waals surface area contributed by atoms with E-state index in [1.807, 2.05) is 45.2 Å². The largest absolute Gasteiger partial charge is 0.487 e. The minimum absolute atomic E-state index is 0.00876. The van der Waals surface area contributed by atoms with Crippen LogP contribution >= 0.6 is 11.6 Å². The van der Waals surface area contributed by atoms with Crippen LogP contribution in [0, 0.1) is 0 Å². The maximum Gasteiger partial charge on any atom is 0.131 e. The number of hydrogen-bond acceptors (Lipinski definition) is 3. The quantitative estimate of drug-likeness (QED) is 0.921. The number of aryl methyl sites for hydroxylation is 2. The Labute approximate surface area is 124 Å². The molecule has 0 fully saturated rings. The third-order valence-corrected chi connectivity index (χ3v) is 3.70. The molecule has 2 aromatic rings. The van der Waals surface area contributed by atoms with Gasteiger partial charge in [0.25, 0.3) is 0 Å². The number of aromatic nitrogens is 2. The van der Waals surface area contributed by atoms with Gasteiger partial charge in [0.15, 0.2) is 0 Å². The van der Waals surface area contributed by atoms with Crippen LogP contribution in [0.5, 0.6) is 5.75 Å². The van der Waals surface area contributed by atoms with Crippen molar-refractivity contribution >= 4 is 11.6 Å². The Morgan fingerprint density at radius 3 is 2.80 bits per heavy atom. The smallest absolute Gasteiger partial charge is 0.131 e. The maximum atomic E-state index is 6.29. The lowest BCUT2D eigenvalue weighted by molar-refractivity contribution is 0.294. The van der Waals surface area contributed by atoms with Crippen LogP contribution in [0.2, 0.25) is 5.02 Å². The molecule has 0 amide bonds. The Bertz CT molecular complexity index is 593. The molecule has 5 heteroatoms. The first kappa shape index (κ1) is 14.9. The van der Waals surface area contributed by atoms with E-state index in [-0.39, 0.29) is 6.04 Å². The third-order valence-electron chi connectivity index (χ3n) is 3.26. The minimum atomic E-state index is -0.00876. The first-order chi connectivity index (χ1) is 9.52. The van der Waals surface area contributed by atoms with Crippen LogP contribution in [0.3, 0.4) is 0 Å². The van der Waals surface area contributed by atoms with Gasteiger partial charge in [0.1, 0.15) is 12.4 Å². The predicted octanol–water partition coefficient (Wildman–Crippen LogP) is 3.23. The van der Waals surface area contributed by atoms with Crippen molar-refractivity contribution < 1.29 is 4.74 Å². The van der Waals surface area contributed by atoms with Crippen molar-refractivity contribution in [3.63, 3.8) is 0 Å². The van der Waals surface area contributed by atoms with Gasteiger partial charge >= 0.3 is 0 Å². The van der Waals surface area contributed by atoms with Crippen LogP contribution in [-0.4, -0.2) is 9.78 Å². The van der Waals surface area contributed by atoms with E-state index in [2.05, 4.69) is 5.10 Å². The molecule has 20 heavy (non-hydrogen) atoms. The van der Waals surface area contributed by atoms with Crippen LogP contribution in [0.4, 0.5) is 0 Å². The second-order valence-electron chi connectivity index (χ2n) is 4.83. The first-order valence-electron chi connectivity index (χ1n) is 6.71. The van der Waals surface area contributed by atoms with Gasteiger partial charge in [-0.05, 0) is 31.0 Å². The highest BCUT2D eigenvalue weighted by Gasteiger charge is 2.13. The van der Waals surface area contributed by atoms with Crippen molar-refractivity contribution in [2.45, 2.75) is 32.9 Å². The van der Waals surface area contributed by atoms with E-state index >= 15 is 0 Å². The summed E-state index contributed by atoms with van der Waals surface area (Å²) in [6.45, 7) is 4.38. The Hall–Kier alpha value is -1.52. The zero-order chi connectivity index (χ0) is 14.7. The zero-order valence-corrected chi connectivity index (χ0v) is 12.8. The molecule has 2 rings (SSSR count). The molecule has 2 N–H and O–H groups in total. The van der Waals surface area contributed by atoms with E-state index in [0.717, 1.165) is 29.1 Å². The Morgan fingerprint density at radius 1 is 1.45 bits per heavy atom. The Balaban J connectivity index is 2.13. The molecule has 1 heterocycles. The lowest BCUT2D eigenvalue weighted by Crippen LogP contribution is -2.06. The predicted molar refractivity (Wildman–Crippen MR) is 81.0 cm³/mol. The fraction of sp³-hybridized carbons (Fsp3) is 0.400. The topological polar surface area (TPSA) is 53.1 Å². The summed E-state index contributed by atoms with van der Waals surface area (Å²) in [7, 11) is 1.88. The van der Waals surface area contributed by atoms with Crippen molar-refractivity contribution in [1.82, 2.24) is 9.78 Å². The van der Waals surface area contributed by atoms with E-state index < -0.39 is 0 Å². The summed E-state index contributed by atoms with van der Waals surface area (Å²) >= 11 is 6.29. The van der Waals surface area contributed by atoms with Crippen LogP contribution in [0.25, 0.3) is 0 Å². The van der Waals surface area contributed by atoms with Gasteiger partial charge in [-0.15, -0.1) is 0 Å². The molecule has 0 spiro atoms. The SMILES string of the molecule is CCc1nn(C)c(COc2cccc([C@@H](C)N)c2)c1Cl. The van der Waals surface area contributed by atoms with Gasteiger partial charge < -0.3 is 10.5 Å². The summed E-state index contributed by atoms with van der Waals surface area (Å²) < 4.78 is 7.58. The normalized spacial score (nSPS) is 12.4. The van der Waals surface area contributed by atoms with Crippen molar-refractivity contribution in [2.24, 2.45) is 12.8 Å². The summed E-state index contributed by atoms with van der Waals surface area (Å²) in [5.74, 6) is 0.787. The number of nitrogens with two attached hydrogens (primary N) is 1. The molecule has 1 aromatic carbocycles. The van der Waals surface area contributed by atoms with E-state index in [9.17, 15) is 0 Å². The maximum absolute atomic E-state index is 6.29. The number of rotatable bonds is 5. The highest BCUT2D eigenvalue weighted by molar-refractivity contribution is 6.31. The molecule has 0 saturated heterocycles. The van der Waals surface area contributed by atoms with E-state index in [4.69, 9.17) is 22.1 Å². The highest BCUT2D eigenvalue weighted by atomic mass is 35.5. The Kier molecular flexibility index (Phi) is 4.68. The zero-order valence-electron chi connectivity index (χ0n) is 12.1. The molecule has 1 aromatic heterocycles. The van der Waals surface area contributed by atoms with Gasteiger partial charge in [0.2, 0.25) is 0 Å². The molecular weight excluding hydrogens is 274 g/mol. The number of benzene rings is 1. The summed E-state index contributed by atoms with van der Waals surface area (Å²) in [6.07, 6.45) is 0.812. The average Bonchev–Trinajstić information content (AvgIpc) is 2.71. The highest BCUT2D eigenvalue weighted by Crippen LogP contribution is 2.23. The van der Waals surface area contributed by atoms with Gasteiger partial charge in [0, 0.05) is 13.1 Å². The summed E-state index contributed by atoms with van der Waals surface area (Å²) in [4.78, 5) is 0. The van der Waals surface area contributed by atoms with E-state index in [1.54, 1.807) is 4.68 Å². The summed E-state index contributed by atoms with van der Waals surface area (Å²) in [5, 5.41) is 5.06. The molecule has 0 saturated carbocycles. The van der Waals surface area contributed by atoms with Crippen LogP contribution < -0.4 is 10.5 Å². The second-order valence-corrected chi connectivity index (χ2v) is 5.21. The average molecular weight is 294 g/mol. The van der Waals surface area contributed by atoms with Crippen LogP contribution in [0.15, 0.2) is 24.3 Å². The summed E-state index contributed by atoms with van der Waals surface area (Å²) in [6, 6.07) is 7.79. The molecule has 0 aliphatic rings. The number of ether oxygens (including phenoxy) is 1.